The first-order valence-corrected chi connectivity index (χ1v) is 12.3. The fourth-order valence-electron chi connectivity index (χ4n) is 2.70. The first kappa shape index (κ1) is 22.6. The number of nitrogens with one attached hydrogen (secondary N) is 1. The highest BCUT2D eigenvalue weighted by molar-refractivity contribution is 8.01. The van der Waals surface area contributed by atoms with Gasteiger partial charge in [-0.15, -0.1) is 10.2 Å². The van der Waals surface area contributed by atoms with Crippen LogP contribution in [0.5, 0.6) is 0 Å². The maximum atomic E-state index is 13.4. The van der Waals surface area contributed by atoms with Crippen LogP contribution in [0.25, 0.3) is 10.8 Å². The monoisotopic (exact) mass is 467 g/mol. The molecule has 0 bridgehead atoms. The Balaban J connectivity index is 1.84. The van der Waals surface area contributed by atoms with Crippen molar-refractivity contribution in [2.75, 3.05) is 37.9 Å². The van der Waals surface area contributed by atoms with E-state index in [4.69, 9.17) is 4.74 Å². The maximum absolute atomic E-state index is 13.4. The topological polar surface area (TPSA) is 114 Å². The molecule has 0 unspecified atom stereocenters. The molecule has 1 amide bonds. The Bertz CT molecular complexity index is 1110. The van der Waals surface area contributed by atoms with E-state index in [1.165, 1.54) is 42.5 Å². The Morgan fingerprint density at radius 3 is 2.90 bits per heavy atom. The van der Waals surface area contributed by atoms with E-state index in [0.717, 1.165) is 14.4 Å². The van der Waals surface area contributed by atoms with Gasteiger partial charge in [-0.25, -0.2) is 8.42 Å². The third-order valence-corrected chi connectivity index (χ3v) is 7.80. The molecule has 3 aromatic rings. The number of fused-ring (bicyclic) bond motifs is 1. The third-order valence-electron chi connectivity index (χ3n) is 4.04. The second-order valence-electron chi connectivity index (χ2n) is 6.04. The number of nitrogens with zero attached hydrogens (tertiary/aromatic N) is 4. The summed E-state index contributed by atoms with van der Waals surface area (Å²) in [6.45, 7) is 1.80. The molecule has 2 heterocycles. The van der Waals surface area contributed by atoms with E-state index in [2.05, 4.69) is 20.5 Å². The summed E-state index contributed by atoms with van der Waals surface area (Å²) in [5.74, 6) is 0.340. The van der Waals surface area contributed by atoms with E-state index in [1.54, 1.807) is 24.4 Å². The first-order valence-electron chi connectivity index (χ1n) is 9.03. The number of hydrogen-bond donors (Lipinski definition) is 1. The standard InChI is InChI=1S/C18H21N5O4S3/c1-3-28-18-22-21-17(29-18)20-16(24)12-23(9-10-27-2)30(25,26)15-6-4-5-13-11-19-8-7-14(13)15/h4-8,11H,3,9-10,12H2,1-2H3,(H,20,21,24). The zero-order valence-corrected chi connectivity index (χ0v) is 18.9. The zero-order valence-electron chi connectivity index (χ0n) is 16.4. The summed E-state index contributed by atoms with van der Waals surface area (Å²) in [6, 6.07) is 6.61. The minimum absolute atomic E-state index is 0.0286. The molecule has 160 valence electrons. The lowest BCUT2D eigenvalue weighted by Crippen LogP contribution is -2.40. The number of amides is 1. The third kappa shape index (κ3) is 5.32. The van der Waals surface area contributed by atoms with Crippen molar-refractivity contribution in [1.82, 2.24) is 19.5 Å². The number of ether oxygens (including phenoxy) is 1. The summed E-state index contributed by atoms with van der Waals surface area (Å²) >= 11 is 2.76. The Morgan fingerprint density at radius 1 is 1.30 bits per heavy atom. The fraction of sp³-hybridized carbons (Fsp3) is 0.333. The van der Waals surface area contributed by atoms with Gasteiger partial charge in [0.05, 0.1) is 18.0 Å². The van der Waals surface area contributed by atoms with E-state index in [9.17, 15) is 13.2 Å². The lowest BCUT2D eigenvalue weighted by molar-refractivity contribution is -0.116. The summed E-state index contributed by atoms with van der Waals surface area (Å²) in [7, 11) is -2.49. The van der Waals surface area contributed by atoms with Gasteiger partial charge in [0.25, 0.3) is 0 Å². The Kier molecular flexibility index (Phi) is 7.72. The van der Waals surface area contributed by atoms with Crippen molar-refractivity contribution in [3.05, 3.63) is 36.7 Å². The van der Waals surface area contributed by atoms with Gasteiger partial charge in [0.15, 0.2) is 4.34 Å². The van der Waals surface area contributed by atoms with E-state index in [0.29, 0.717) is 15.9 Å². The molecule has 2 aromatic heterocycles. The number of benzene rings is 1. The zero-order chi connectivity index (χ0) is 21.6. The van der Waals surface area contributed by atoms with E-state index < -0.39 is 15.9 Å². The van der Waals surface area contributed by atoms with Gasteiger partial charge in [-0.3, -0.25) is 15.1 Å². The van der Waals surface area contributed by atoms with Crippen LogP contribution in [-0.4, -0.2) is 66.4 Å². The Morgan fingerprint density at radius 2 is 2.13 bits per heavy atom. The molecule has 0 atom stereocenters. The molecule has 0 fully saturated rings. The highest BCUT2D eigenvalue weighted by Gasteiger charge is 2.28. The number of rotatable bonds is 10. The van der Waals surface area contributed by atoms with Crippen LogP contribution in [0.3, 0.4) is 0 Å². The van der Waals surface area contributed by atoms with Crippen LogP contribution in [0.4, 0.5) is 5.13 Å². The number of hydrogen-bond acceptors (Lipinski definition) is 9. The van der Waals surface area contributed by atoms with Gasteiger partial charge < -0.3 is 4.74 Å². The van der Waals surface area contributed by atoms with Crippen molar-refractivity contribution in [2.24, 2.45) is 0 Å². The van der Waals surface area contributed by atoms with E-state index in [1.807, 2.05) is 6.92 Å². The highest BCUT2D eigenvalue weighted by atomic mass is 32.2. The number of aromatic nitrogens is 3. The number of sulfonamides is 1. The Labute approximate surface area is 182 Å². The molecule has 9 nitrogen and oxygen atoms in total. The van der Waals surface area contributed by atoms with Crippen molar-refractivity contribution in [3.8, 4) is 0 Å². The van der Waals surface area contributed by atoms with Gasteiger partial charge in [0, 0.05) is 36.8 Å². The van der Waals surface area contributed by atoms with Gasteiger partial charge in [-0.2, -0.15) is 4.31 Å². The molecule has 0 aliphatic rings. The molecule has 30 heavy (non-hydrogen) atoms. The van der Waals surface area contributed by atoms with E-state index >= 15 is 0 Å². The number of carbonyl (C=O) groups excluding carboxylic acids is 1. The van der Waals surface area contributed by atoms with Gasteiger partial charge in [-0.05, 0) is 17.9 Å². The summed E-state index contributed by atoms with van der Waals surface area (Å²) in [5.41, 5.74) is 0. The minimum atomic E-state index is -3.96. The van der Waals surface area contributed by atoms with Crippen LogP contribution in [0.15, 0.2) is 45.9 Å². The largest absolute Gasteiger partial charge is 0.383 e. The summed E-state index contributed by atoms with van der Waals surface area (Å²) in [5, 5.41) is 12.1. The second kappa shape index (κ2) is 10.3. The van der Waals surface area contributed by atoms with Crippen molar-refractivity contribution >= 4 is 54.9 Å². The molecule has 1 N–H and O–H groups in total. The van der Waals surface area contributed by atoms with Gasteiger partial charge in [0.2, 0.25) is 21.1 Å². The number of methoxy groups -OCH3 is 1. The van der Waals surface area contributed by atoms with E-state index in [-0.39, 0.29) is 24.6 Å². The molecule has 1 aromatic carbocycles. The van der Waals surface area contributed by atoms with Crippen LogP contribution in [0.1, 0.15) is 6.92 Å². The quantitative estimate of drug-likeness (QED) is 0.357. The number of pyridine rings is 1. The van der Waals surface area contributed by atoms with Crippen molar-refractivity contribution < 1.29 is 17.9 Å². The summed E-state index contributed by atoms with van der Waals surface area (Å²) in [6.07, 6.45) is 3.14. The van der Waals surface area contributed by atoms with Crippen molar-refractivity contribution in [2.45, 2.75) is 16.2 Å². The first-order chi connectivity index (χ1) is 14.5. The van der Waals surface area contributed by atoms with Crippen LogP contribution >= 0.6 is 23.1 Å². The van der Waals surface area contributed by atoms with Crippen LogP contribution in [0.2, 0.25) is 0 Å². The molecule has 0 aliphatic heterocycles. The smallest absolute Gasteiger partial charge is 0.244 e. The molecule has 0 saturated heterocycles. The maximum Gasteiger partial charge on any atom is 0.244 e. The van der Waals surface area contributed by atoms with Crippen LogP contribution in [0, 0.1) is 0 Å². The highest BCUT2D eigenvalue weighted by Crippen LogP contribution is 2.26. The normalized spacial score (nSPS) is 11.8. The van der Waals surface area contributed by atoms with Gasteiger partial charge >= 0.3 is 0 Å². The van der Waals surface area contributed by atoms with Crippen LogP contribution in [-0.2, 0) is 19.6 Å². The average Bonchev–Trinajstić information content (AvgIpc) is 3.17. The number of anilines is 1. The predicted molar refractivity (Wildman–Crippen MR) is 117 cm³/mol. The molecule has 0 spiro atoms. The summed E-state index contributed by atoms with van der Waals surface area (Å²) in [4.78, 5) is 16.7. The molecular weight excluding hydrogens is 446 g/mol. The summed E-state index contributed by atoms with van der Waals surface area (Å²) < 4.78 is 33.6. The molecule has 0 radical (unpaired) electrons. The SMILES string of the molecule is CCSc1nnc(NC(=O)CN(CCOC)S(=O)(=O)c2cccc3cnccc23)s1. The lowest BCUT2D eigenvalue weighted by Gasteiger charge is -2.22. The Hall–Kier alpha value is -2.12. The van der Waals surface area contributed by atoms with Gasteiger partial charge in [0.1, 0.15) is 0 Å². The van der Waals surface area contributed by atoms with Gasteiger partial charge in [-0.1, -0.05) is 42.2 Å². The van der Waals surface area contributed by atoms with Crippen molar-refractivity contribution in [1.29, 1.82) is 0 Å². The fourth-order valence-corrected chi connectivity index (χ4v) is 5.95. The molecule has 0 aliphatic carbocycles. The predicted octanol–water partition coefficient (Wildman–Crippen LogP) is 2.47. The molecular formula is C18H21N5O4S3. The number of carbonyl (C=O) groups is 1. The lowest BCUT2D eigenvalue weighted by atomic mass is 10.2. The molecule has 0 saturated carbocycles. The molecule has 3 rings (SSSR count). The second-order valence-corrected chi connectivity index (χ2v) is 10.4. The van der Waals surface area contributed by atoms with Crippen LogP contribution < -0.4 is 5.32 Å². The molecule has 12 heteroatoms. The number of thioether (sulfide) groups is 1. The minimum Gasteiger partial charge on any atom is -0.383 e. The average molecular weight is 468 g/mol. The van der Waals surface area contributed by atoms with Crippen molar-refractivity contribution in [3.63, 3.8) is 0 Å².